The number of hydrogen-bond acceptors (Lipinski definition) is 5. The summed E-state index contributed by atoms with van der Waals surface area (Å²) < 4.78 is 11.4. The average molecular weight is 390 g/mol. The summed E-state index contributed by atoms with van der Waals surface area (Å²) in [5.74, 6) is -0.0356. The SMILES string of the molecule is O=C(c1cccc(-c2cc3ccccc3oc2=O)c1)N1CCOC2(CCNC2)C1. The monoisotopic (exact) mass is 390 g/mol. The summed E-state index contributed by atoms with van der Waals surface area (Å²) in [5, 5.41) is 4.18. The zero-order valence-corrected chi connectivity index (χ0v) is 16.0. The van der Waals surface area contributed by atoms with Crippen LogP contribution >= 0.6 is 0 Å². The molecule has 2 fully saturated rings. The number of nitrogens with one attached hydrogen (secondary N) is 1. The van der Waals surface area contributed by atoms with Crippen molar-refractivity contribution in [2.75, 3.05) is 32.8 Å². The van der Waals surface area contributed by atoms with Gasteiger partial charge in [-0.15, -0.1) is 0 Å². The lowest BCUT2D eigenvalue weighted by molar-refractivity contribution is -0.0866. The molecule has 5 rings (SSSR count). The molecule has 1 aromatic heterocycles. The van der Waals surface area contributed by atoms with Crippen molar-refractivity contribution in [3.8, 4) is 11.1 Å². The lowest BCUT2D eigenvalue weighted by Gasteiger charge is -2.40. The minimum atomic E-state index is -0.407. The van der Waals surface area contributed by atoms with Gasteiger partial charge < -0.3 is 19.4 Å². The van der Waals surface area contributed by atoms with Crippen LogP contribution in [0.3, 0.4) is 0 Å². The van der Waals surface area contributed by atoms with Crippen LogP contribution in [0.1, 0.15) is 16.8 Å². The summed E-state index contributed by atoms with van der Waals surface area (Å²) in [6.45, 7) is 3.38. The maximum atomic E-state index is 13.2. The minimum absolute atomic E-state index is 0.0356. The zero-order chi connectivity index (χ0) is 19.8. The number of hydrogen-bond donors (Lipinski definition) is 1. The fourth-order valence-electron chi connectivity index (χ4n) is 4.26. The summed E-state index contributed by atoms with van der Waals surface area (Å²) in [5.41, 5.74) is 1.58. The molecule has 148 valence electrons. The van der Waals surface area contributed by atoms with Gasteiger partial charge in [0.15, 0.2) is 0 Å². The highest BCUT2D eigenvalue weighted by atomic mass is 16.5. The quantitative estimate of drug-likeness (QED) is 0.681. The molecule has 3 aromatic rings. The van der Waals surface area contributed by atoms with Gasteiger partial charge in [-0.3, -0.25) is 4.79 Å². The van der Waals surface area contributed by atoms with Gasteiger partial charge in [0.05, 0.1) is 24.3 Å². The summed E-state index contributed by atoms with van der Waals surface area (Å²) in [4.78, 5) is 27.5. The van der Waals surface area contributed by atoms with Crippen molar-refractivity contribution < 1.29 is 13.9 Å². The van der Waals surface area contributed by atoms with E-state index in [1.165, 1.54) is 0 Å². The smallest absolute Gasteiger partial charge is 0.344 e. The van der Waals surface area contributed by atoms with E-state index in [0.29, 0.717) is 42.0 Å². The molecule has 2 aromatic carbocycles. The van der Waals surface area contributed by atoms with Gasteiger partial charge in [0, 0.05) is 24.0 Å². The first kappa shape index (κ1) is 18.1. The Hall–Kier alpha value is -2.96. The molecule has 1 spiro atoms. The second kappa shape index (κ2) is 7.13. The van der Waals surface area contributed by atoms with Crippen molar-refractivity contribution in [3.63, 3.8) is 0 Å². The molecule has 1 N–H and O–H groups in total. The van der Waals surface area contributed by atoms with E-state index in [1.807, 2.05) is 41.3 Å². The summed E-state index contributed by atoms with van der Waals surface area (Å²) in [7, 11) is 0. The molecular formula is C23H22N2O4. The third-order valence-corrected chi connectivity index (χ3v) is 5.80. The first-order chi connectivity index (χ1) is 14.1. The molecule has 1 amide bonds. The highest BCUT2D eigenvalue weighted by Crippen LogP contribution is 2.27. The van der Waals surface area contributed by atoms with E-state index < -0.39 is 5.63 Å². The number of fused-ring (bicyclic) bond motifs is 1. The highest BCUT2D eigenvalue weighted by Gasteiger charge is 2.40. The van der Waals surface area contributed by atoms with Gasteiger partial charge in [0.2, 0.25) is 0 Å². The Balaban J connectivity index is 1.46. The molecule has 3 heterocycles. The standard InChI is InChI=1S/C23H22N2O4/c26-21(25-10-11-28-23(15-25)8-9-24-14-23)18-6-3-5-16(12-18)19-13-17-4-1-2-7-20(17)29-22(19)27/h1-7,12-13,24H,8-11,14-15H2. The van der Waals surface area contributed by atoms with E-state index in [2.05, 4.69) is 5.32 Å². The largest absolute Gasteiger partial charge is 0.422 e. The molecule has 29 heavy (non-hydrogen) atoms. The van der Waals surface area contributed by atoms with Crippen LogP contribution in [0, 0.1) is 0 Å². The summed E-state index contributed by atoms with van der Waals surface area (Å²) >= 11 is 0. The fourth-order valence-corrected chi connectivity index (χ4v) is 4.26. The molecule has 2 aliphatic rings. The van der Waals surface area contributed by atoms with Crippen molar-refractivity contribution in [1.82, 2.24) is 10.2 Å². The first-order valence-corrected chi connectivity index (χ1v) is 9.91. The van der Waals surface area contributed by atoms with Gasteiger partial charge in [0.25, 0.3) is 5.91 Å². The van der Waals surface area contributed by atoms with E-state index in [1.54, 1.807) is 18.2 Å². The van der Waals surface area contributed by atoms with Crippen LogP contribution in [0.5, 0.6) is 0 Å². The van der Waals surface area contributed by atoms with Gasteiger partial charge in [0.1, 0.15) is 5.58 Å². The number of para-hydroxylation sites is 1. The Kier molecular flexibility index (Phi) is 4.45. The van der Waals surface area contributed by atoms with Crippen LogP contribution in [-0.4, -0.2) is 49.2 Å². The molecule has 6 heteroatoms. The molecular weight excluding hydrogens is 368 g/mol. The van der Waals surface area contributed by atoms with Gasteiger partial charge in [-0.1, -0.05) is 30.3 Å². The Labute approximate surface area is 168 Å². The van der Waals surface area contributed by atoms with E-state index in [4.69, 9.17) is 9.15 Å². The Morgan fingerprint density at radius 2 is 2.00 bits per heavy atom. The van der Waals surface area contributed by atoms with Gasteiger partial charge in [-0.2, -0.15) is 0 Å². The number of morpholine rings is 1. The van der Waals surface area contributed by atoms with E-state index in [0.717, 1.165) is 24.9 Å². The van der Waals surface area contributed by atoms with Crippen molar-refractivity contribution >= 4 is 16.9 Å². The number of ether oxygens (including phenoxy) is 1. The van der Waals surface area contributed by atoms with Gasteiger partial charge in [-0.05, 0) is 42.8 Å². The molecule has 2 saturated heterocycles. The summed E-state index contributed by atoms with van der Waals surface area (Å²) in [6, 6.07) is 16.4. The number of amides is 1. The Morgan fingerprint density at radius 3 is 2.86 bits per heavy atom. The van der Waals surface area contributed by atoms with Crippen molar-refractivity contribution in [3.05, 3.63) is 70.6 Å². The number of rotatable bonds is 2. The Bertz CT molecular complexity index is 1130. The zero-order valence-electron chi connectivity index (χ0n) is 16.0. The maximum absolute atomic E-state index is 13.2. The molecule has 0 radical (unpaired) electrons. The van der Waals surface area contributed by atoms with Crippen LogP contribution in [0.15, 0.2) is 63.8 Å². The predicted octanol–water partition coefficient (Wildman–Crippen LogP) is 2.66. The minimum Gasteiger partial charge on any atom is -0.422 e. The van der Waals surface area contributed by atoms with Crippen LogP contribution in [-0.2, 0) is 4.74 Å². The van der Waals surface area contributed by atoms with Gasteiger partial charge in [-0.25, -0.2) is 4.79 Å². The second-order valence-electron chi connectivity index (χ2n) is 7.75. The predicted molar refractivity (Wildman–Crippen MR) is 110 cm³/mol. The summed E-state index contributed by atoms with van der Waals surface area (Å²) in [6.07, 6.45) is 0.912. The topological polar surface area (TPSA) is 71.8 Å². The number of carbonyl (C=O) groups excluding carboxylic acids is 1. The molecule has 1 atom stereocenters. The number of benzene rings is 2. The maximum Gasteiger partial charge on any atom is 0.344 e. The van der Waals surface area contributed by atoms with Crippen LogP contribution in [0.2, 0.25) is 0 Å². The van der Waals surface area contributed by atoms with Crippen LogP contribution in [0.25, 0.3) is 22.1 Å². The van der Waals surface area contributed by atoms with Crippen molar-refractivity contribution in [2.24, 2.45) is 0 Å². The molecule has 6 nitrogen and oxygen atoms in total. The third-order valence-electron chi connectivity index (χ3n) is 5.80. The third kappa shape index (κ3) is 3.34. The number of carbonyl (C=O) groups is 1. The van der Waals surface area contributed by atoms with Gasteiger partial charge >= 0.3 is 5.63 Å². The lowest BCUT2D eigenvalue weighted by Crippen LogP contribution is -2.54. The highest BCUT2D eigenvalue weighted by molar-refractivity contribution is 5.96. The fraction of sp³-hybridized carbons (Fsp3) is 0.304. The normalized spacial score (nSPS) is 21.7. The van der Waals surface area contributed by atoms with E-state index >= 15 is 0 Å². The average Bonchev–Trinajstić information content (AvgIpc) is 3.20. The van der Waals surface area contributed by atoms with Crippen molar-refractivity contribution in [2.45, 2.75) is 12.0 Å². The van der Waals surface area contributed by atoms with Crippen molar-refractivity contribution in [1.29, 1.82) is 0 Å². The second-order valence-corrected chi connectivity index (χ2v) is 7.75. The number of nitrogens with zero attached hydrogens (tertiary/aromatic N) is 1. The van der Waals surface area contributed by atoms with Crippen LogP contribution in [0.4, 0.5) is 0 Å². The Morgan fingerprint density at radius 1 is 1.10 bits per heavy atom. The molecule has 0 bridgehead atoms. The first-order valence-electron chi connectivity index (χ1n) is 9.91. The van der Waals surface area contributed by atoms with E-state index in [-0.39, 0.29) is 11.5 Å². The molecule has 2 aliphatic heterocycles. The lowest BCUT2D eigenvalue weighted by atomic mass is 9.99. The van der Waals surface area contributed by atoms with E-state index in [9.17, 15) is 9.59 Å². The molecule has 0 saturated carbocycles. The molecule has 1 unspecified atom stereocenters. The van der Waals surface area contributed by atoms with Crippen LogP contribution < -0.4 is 10.9 Å². The molecule has 0 aliphatic carbocycles.